The van der Waals surface area contributed by atoms with Crippen LogP contribution in [0, 0.1) is 12.8 Å². The number of halogens is 1. The van der Waals surface area contributed by atoms with Gasteiger partial charge in [0.1, 0.15) is 23.9 Å². The van der Waals surface area contributed by atoms with Gasteiger partial charge in [-0.05, 0) is 59.9 Å². The molecule has 34 heavy (non-hydrogen) atoms. The molecule has 0 heterocycles. The summed E-state index contributed by atoms with van der Waals surface area (Å²) in [5.74, 6) is 1.25. The molecule has 0 aliphatic heterocycles. The summed E-state index contributed by atoms with van der Waals surface area (Å²) in [6.07, 6.45) is 5.04. The van der Waals surface area contributed by atoms with Crippen LogP contribution in [0.15, 0.2) is 54.6 Å². The van der Waals surface area contributed by atoms with E-state index in [9.17, 15) is 14.7 Å². The van der Waals surface area contributed by atoms with Crippen LogP contribution in [0.1, 0.15) is 53.6 Å². The third-order valence-corrected chi connectivity index (χ3v) is 6.70. The molecule has 5 nitrogen and oxygen atoms in total. The Bertz CT molecular complexity index is 1200. The van der Waals surface area contributed by atoms with Gasteiger partial charge in [-0.15, -0.1) is 0 Å². The normalized spacial score (nSPS) is 13.6. The molecule has 0 unspecified atom stereocenters. The predicted octanol–water partition coefficient (Wildman–Crippen LogP) is 6.90. The van der Waals surface area contributed by atoms with Crippen LogP contribution in [-0.4, -0.2) is 17.4 Å². The number of phenolic OH excluding ortho intramolecular Hbond substituents is 1. The van der Waals surface area contributed by atoms with Gasteiger partial charge in [-0.2, -0.15) is 0 Å². The molecule has 1 aliphatic rings. The lowest BCUT2D eigenvalue weighted by Crippen LogP contribution is -2.07. The van der Waals surface area contributed by atoms with Crippen molar-refractivity contribution in [2.24, 2.45) is 5.92 Å². The zero-order chi connectivity index (χ0) is 24.1. The van der Waals surface area contributed by atoms with Crippen molar-refractivity contribution >= 4 is 23.9 Å². The van der Waals surface area contributed by atoms with E-state index in [0.717, 1.165) is 29.5 Å². The van der Waals surface area contributed by atoms with Crippen LogP contribution in [0.5, 0.6) is 17.2 Å². The number of benzene rings is 3. The molecule has 0 atom stereocenters. The van der Waals surface area contributed by atoms with Gasteiger partial charge < -0.3 is 14.6 Å². The molecule has 1 aliphatic carbocycles. The predicted molar refractivity (Wildman–Crippen MR) is 132 cm³/mol. The highest BCUT2D eigenvalue weighted by Gasteiger charge is 2.22. The first-order valence-corrected chi connectivity index (χ1v) is 11.8. The maximum atomic E-state index is 12.7. The molecule has 0 bridgehead atoms. The lowest BCUT2D eigenvalue weighted by molar-refractivity contribution is -0.120. The van der Waals surface area contributed by atoms with E-state index in [2.05, 4.69) is 0 Å². The van der Waals surface area contributed by atoms with E-state index >= 15 is 0 Å². The van der Waals surface area contributed by atoms with Gasteiger partial charge in [0.2, 0.25) is 0 Å². The number of hydrogen-bond acceptors (Lipinski definition) is 5. The minimum Gasteiger partial charge on any atom is -0.507 e. The number of ketones is 1. The fraction of sp³-hybridized carbons (Fsp3) is 0.286. The Balaban J connectivity index is 1.46. The number of Topliss-reactive ketones (excluding diaryl/α,β-unsaturated/α-hetero) is 1. The Morgan fingerprint density at radius 3 is 2.59 bits per heavy atom. The summed E-state index contributed by atoms with van der Waals surface area (Å²) in [5.41, 5.74) is 3.62. The molecule has 0 radical (unpaired) electrons. The number of rotatable bonds is 9. The maximum absolute atomic E-state index is 12.7. The van der Waals surface area contributed by atoms with Crippen LogP contribution < -0.4 is 9.47 Å². The molecule has 4 rings (SSSR count). The number of phenols is 1. The van der Waals surface area contributed by atoms with Crippen molar-refractivity contribution in [1.29, 1.82) is 0 Å². The number of aromatic hydroxyl groups is 1. The summed E-state index contributed by atoms with van der Waals surface area (Å²) in [4.78, 5) is 23.4. The minimum absolute atomic E-state index is 0.00174. The Morgan fingerprint density at radius 1 is 1.06 bits per heavy atom. The van der Waals surface area contributed by atoms with Crippen molar-refractivity contribution < 1.29 is 24.2 Å². The monoisotopic (exact) mass is 478 g/mol. The Hall–Kier alpha value is -3.31. The van der Waals surface area contributed by atoms with Crippen molar-refractivity contribution in [2.45, 2.75) is 45.6 Å². The molecule has 1 N–H and O–H groups in total. The van der Waals surface area contributed by atoms with Crippen molar-refractivity contribution in [2.75, 3.05) is 0 Å². The molecule has 176 valence electrons. The van der Waals surface area contributed by atoms with Crippen LogP contribution in [0.3, 0.4) is 0 Å². The number of carbonyl (C=O) groups is 2. The summed E-state index contributed by atoms with van der Waals surface area (Å²) < 4.78 is 10.9. The van der Waals surface area contributed by atoms with E-state index in [4.69, 9.17) is 21.1 Å². The van der Waals surface area contributed by atoms with E-state index < -0.39 is 0 Å². The van der Waals surface area contributed by atoms with E-state index in [1.165, 1.54) is 12.8 Å². The second-order valence-corrected chi connectivity index (χ2v) is 9.12. The molecule has 3 aromatic carbocycles. The molecule has 0 aromatic heterocycles. The highest BCUT2D eigenvalue weighted by molar-refractivity contribution is 6.32. The van der Waals surface area contributed by atoms with Gasteiger partial charge in [0.05, 0.1) is 10.6 Å². The summed E-state index contributed by atoms with van der Waals surface area (Å²) in [6.45, 7) is 2.39. The average Bonchev–Trinajstić information content (AvgIpc) is 3.35. The largest absolute Gasteiger partial charge is 0.507 e. The first-order valence-electron chi connectivity index (χ1n) is 11.4. The standard InChI is InChI=1S/C28H27ClO5/c1-18-26(12-10-23(28(18)32)25(31)14-19-5-2-3-6-19)33-16-20-7-4-8-21(13-20)22-9-11-24(29)27(15-22)34-17-30/h4,7-13,15,17,19,32H,2-3,5-6,14,16H2,1H3. The molecule has 1 saturated carbocycles. The van der Waals surface area contributed by atoms with Gasteiger partial charge in [0.25, 0.3) is 6.47 Å². The lowest BCUT2D eigenvalue weighted by Gasteiger charge is -2.14. The SMILES string of the molecule is Cc1c(OCc2cccc(-c3ccc(Cl)c(OC=O)c3)c2)ccc(C(=O)CC2CCCC2)c1O. The first kappa shape index (κ1) is 23.8. The molecule has 0 saturated heterocycles. The van der Waals surface area contributed by atoms with Crippen molar-refractivity contribution in [3.8, 4) is 28.4 Å². The first-order chi connectivity index (χ1) is 16.5. The molecule has 3 aromatic rings. The summed E-state index contributed by atoms with van der Waals surface area (Å²) in [5, 5.41) is 11.0. The fourth-order valence-corrected chi connectivity index (χ4v) is 4.64. The zero-order valence-electron chi connectivity index (χ0n) is 19.1. The van der Waals surface area contributed by atoms with E-state index in [0.29, 0.717) is 46.5 Å². The number of ether oxygens (including phenoxy) is 2. The lowest BCUT2D eigenvalue weighted by atomic mass is 9.95. The minimum atomic E-state index is -0.00681. The molecule has 0 spiro atoms. The van der Waals surface area contributed by atoms with E-state index in [1.807, 2.05) is 30.3 Å². The maximum Gasteiger partial charge on any atom is 0.298 e. The smallest absolute Gasteiger partial charge is 0.298 e. The quantitative estimate of drug-likeness (QED) is 0.267. The van der Waals surface area contributed by atoms with Gasteiger partial charge >= 0.3 is 0 Å². The van der Waals surface area contributed by atoms with Gasteiger partial charge in [-0.1, -0.05) is 61.5 Å². The Morgan fingerprint density at radius 2 is 1.82 bits per heavy atom. The van der Waals surface area contributed by atoms with Crippen LogP contribution in [0.4, 0.5) is 0 Å². The van der Waals surface area contributed by atoms with E-state index in [1.54, 1.807) is 31.2 Å². The molecule has 1 fully saturated rings. The average molecular weight is 479 g/mol. The van der Waals surface area contributed by atoms with E-state index in [-0.39, 0.29) is 18.1 Å². The number of carbonyl (C=O) groups excluding carboxylic acids is 2. The van der Waals surface area contributed by atoms with Crippen LogP contribution >= 0.6 is 11.6 Å². The Labute approximate surface area is 204 Å². The topological polar surface area (TPSA) is 72.8 Å². The molecular formula is C28H27ClO5. The molecule has 6 heteroatoms. The highest BCUT2D eigenvalue weighted by atomic mass is 35.5. The summed E-state index contributed by atoms with van der Waals surface area (Å²) in [7, 11) is 0. The third-order valence-electron chi connectivity index (χ3n) is 6.39. The van der Waals surface area contributed by atoms with Gasteiger partial charge in [0.15, 0.2) is 5.78 Å². The van der Waals surface area contributed by atoms with Crippen LogP contribution in [0.2, 0.25) is 5.02 Å². The molecule has 0 amide bonds. The molecular weight excluding hydrogens is 452 g/mol. The van der Waals surface area contributed by atoms with Gasteiger partial charge in [0, 0.05) is 12.0 Å². The second-order valence-electron chi connectivity index (χ2n) is 8.71. The van der Waals surface area contributed by atoms with Gasteiger partial charge in [-0.3, -0.25) is 9.59 Å². The zero-order valence-corrected chi connectivity index (χ0v) is 19.8. The van der Waals surface area contributed by atoms with Crippen LogP contribution in [-0.2, 0) is 11.4 Å². The summed E-state index contributed by atoms with van der Waals surface area (Å²) >= 11 is 6.07. The fourth-order valence-electron chi connectivity index (χ4n) is 4.48. The van der Waals surface area contributed by atoms with Crippen LogP contribution in [0.25, 0.3) is 11.1 Å². The number of hydrogen-bond donors (Lipinski definition) is 1. The third kappa shape index (κ3) is 5.42. The summed E-state index contributed by atoms with van der Waals surface area (Å²) in [6, 6.07) is 16.4. The highest BCUT2D eigenvalue weighted by Crippen LogP contribution is 2.35. The van der Waals surface area contributed by atoms with Crippen molar-refractivity contribution in [1.82, 2.24) is 0 Å². The van der Waals surface area contributed by atoms with Gasteiger partial charge in [-0.25, -0.2) is 0 Å². The van der Waals surface area contributed by atoms with Crippen molar-refractivity contribution in [3.05, 3.63) is 76.3 Å². The van der Waals surface area contributed by atoms with Crippen molar-refractivity contribution in [3.63, 3.8) is 0 Å². The Kier molecular flexibility index (Phi) is 7.53. The second kappa shape index (κ2) is 10.7.